The van der Waals surface area contributed by atoms with Crippen LogP contribution < -0.4 is 5.32 Å². The fraction of sp³-hybridized carbons (Fsp3) is 0. The zero-order valence-electron chi connectivity index (χ0n) is 11.2. The lowest BCUT2D eigenvalue weighted by Crippen LogP contribution is -2.12. The summed E-state index contributed by atoms with van der Waals surface area (Å²) in [6.07, 6.45) is 0. The fourth-order valence-corrected chi connectivity index (χ4v) is 2.53. The number of carbonyl (C=O) groups excluding carboxylic acids is 1. The van der Waals surface area contributed by atoms with Crippen LogP contribution in [0.25, 0.3) is 10.8 Å². The van der Waals surface area contributed by atoms with Gasteiger partial charge in [-0.2, -0.15) is 0 Å². The Morgan fingerprint density at radius 1 is 0.909 bits per heavy atom. The molecule has 0 saturated heterocycles. The van der Waals surface area contributed by atoms with Crippen molar-refractivity contribution in [3.63, 3.8) is 0 Å². The van der Waals surface area contributed by atoms with Gasteiger partial charge in [0.25, 0.3) is 5.91 Å². The molecule has 0 atom stereocenters. The highest BCUT2D eigenvalue weighted by Crippen LogP contribution is 2.26. The Hall–Kier alpha value is -2.10. The third-order valence-electron chi connectivity index (χ3n) is 3.29. The van der Waals surface area contributed by atoms with Crippen LogP contribution >= 0.6 is 23.2 Å². The first kappa shape index (κ1) is 14.8. The minimum Gasteiger partial charge on any atom is -0.322 e. The minimum absolute atomic E-state index is 0.338. The summed E-state index contributed by atoms with van der Waals surface area (Å²) in [5.74, 6) is -0.698. The van der Waals surface area contributed by atoms with Gasteiger partial charge in [0.1, 0.15) is 5.82 Å². The van der Waals surface area contributed by atoms with Crippen LogP contribution in [0.15, 0.2) is 54.6 Å². The average Bonchev–Trinajstić information content (AvgIpc) is 2.51. The van der Waals surface area contributed by atoms with Crippen molar-refractivity contribution >= 4 is 45.6 Å². The highest BCUT2D eigenvalue weighted by Gasteiger charge is 2.13. The van der Waals surface area contributed by atoms with Crippen molar-refractivity contribution in [1.29, 1.82) is 0 Å². The molecule has 2 nitrogen and oxygen atoms in total. The summed E-state index contributed by atoms with van der Waals surface area (Å²) in [6, 6.07) is 14.4. The number of anilines is 1. The van der Waals surface area contributed by atoms with Crippen molar-refractivity contribution in [2.24, 2.45) is 0 Å². The van der Waals surface area contributed by atoms with Gasteiger partial charge in [-0.05, 0) is 35.7 Å². The van der Waals surface area contributed by atoms with E-state index in [2.05, 4.69) is 5.32 Å². The van der Waals surface area contributed by atoms with Gasteiger partial charge < -0.3 is 5.32 Å². The molecule has 0 saturated carbocycles. The first-order valence-corrected chi connectivity index (χ1v) is 7.25. The highest BCUT2D eigenvalue weighted by molar-refractivity contribution is 6.42. The molecule has 0 heterocycles. The molecule has 1 amide bonds. The van der Waals surface area contributed by atoms with E-state index in [-0.39, 0.29) is 11.7 Å². The van der Waals surface area contributed by atoms with Gasteiger partial charge in [0.05, 0.1) is 10.0 Å². The number of hydrogen-bond acceptors (Lipinski definition) is 1. The monoisotopic (exact) mass is 333 g/mol. The maximum absolute atomic E-state index is 13.8. The Bertz CT molecular complexity index is 880. The van der Waals surface area contributed by atoms with E-state index in [1.807, 2.05) is 0 Å². The molecular formula is C17H10Cl2FNO. The van der Waals surface area contributed by atoms with Gasteiger partial charge in [0.15, 0.2) is 0 Å². The molecule has 3 aromatic carbocycles. The van der Waals surface area contributed by atoms with Crippen molar-refractivity contribution in [2.45, 2.75) is 0 Å². The van der Waals surface area contributed by atoms with Crippen LogP contribution in [0.5, 0.6) is 0 Å². The molecule has 0 bridgehead atoms. The van der Waals surface area contributed by atoms with Crippen molar-refractivity contribution in [1.82, 2.24) is 0 Å². The molecule has 0 aliphatic heterocycles. The Morgan fingerprint density at radius 3 is 2.36 bits per heavy atom. The molecule has 3 aromatic rings. The summed E-state index contributed by atoms with van der Waals surface area (Å²) in [6.45, 7) is 0. The summed E-state index contributed by atoms with van der Waals surface area (Å²) >= 11 is 11.8. The SMILES string of the molecule is O=C(Nc1ccc(Cl)c(Cl)c1)c1ccc(F)c2ccccc12. The standard InChI is InChI=1S/C17H10Cl2FNO/c18-14-7-5-10(9-15(14)19)21-17(22)13-6-8-16(20)12-4-2-1-3-11(12)13/h1-9H,(H,21,22). The topological polar surface area (TPSA) is 29.1 Å². The summed E-state index contributed by atoms with van der Waals surface area (Å²) in [5, 5.41) is 4.46. The Balaban J connectivity index is 1.99. The molecule has 5 heteroatoms. The van der Waals surface area contributed by atoms with Crippen molar-refractivity contribution in [2.75, 3.05) is 5.32 Å². The summed E-state index contributed by atoms with van der Waals surface area (Å²) in [7, 11) is 0. The van der Waals surface area contributed by atoms with Gasteiger partial charge >= 0.3 is 0 Å². The van der Waals surface area contributed by atoms with Crippen LogP contribution in [0.2, 0.25) is 10.0 Å². The van der Waals surface area contributed by atoms with Gasteiger partial charge in [-0.1, -0.05) is 47.5 Å². The lowest BCUT2D eigenvalue weighted by Gasteiger charge is -2.09. The van der Waals surface area contributed by atoms with Crippen LogP contribution in [-0.2, 0) is 0 Å². The molecule has 0 aliphatic rings. The van der Waals surface area contributed by atoms with Crippen LogP contribution in [0.1, 0.15) is 10.4 Å². The largest absolute Gasteiger partial charge is 0.322 e. The zero-order valence-corrected chi connectivity index (χ0v) is 12.8. The molecule has 0 aliphatic carbocycles. The van der Waals surface area contributed by atoms with Crippen LogP contribution in [0, 0.1) is 5.82 Å². The van der Waals surface area contributed by atoms with E-state index in [1.54, 1.807) is 42.5 Å². The van der Waals surface area contributed by atoms with E-state index in [4.69, 9.17) is 23.2 Å². The molecule has 1 N–H and O–H groups in total. The number of fused-ring (bicyclic) bond motifs is 1. The number of hydrogen-bond donors (Lipinski definition) is 1. The van der Waals surface area contributed by atoms with Gasteiger partial charge in [-0.25, -0.2) is 4.39 Å². The second-order valence-electron chi connectivity index (χ2n) is 4.72. The summed E-state index contributed by atoms with van der Waals surface area (Å²) < 4.78 is 13.8. The number of amides is 1. The first-order valence-electron chi connectivity index (χ1n) is 6.50. The van der Waals surface area contributed by atoms with E-state index in [9.17, 15) is 9.18 Å². The normalized spacial score (nSPS) is 10.7. The van der Waals surface area contributed by atoms with E-state index >= 15 is 0 Å². The third kappa shape index (κ3) is 2.78. The van der Waals surface area contributed by atoms with E-state index in [1.165, 1.54) is 12.1 Å². The Kier molecular flexibility index (Phi) is 4.01. The predicted molar refractivity (Wildman–Crippen MR) is 88.3 cm³/mol. The molecule has 0 radical (unpaired) electrons. The molecule has 0 fully saturated rings. The molecular weight excluding hydrogens is 324 g/mol. The predicted octanol–water partition coefficient (Wildman–Crippen LogP) is 5.54. The lowest BCUT2D eigenvalue weighted by molar-refractivity contribution is 0.102. The second kappa shape index (κ2) is 5.95. The molecule has 3 rings (SSSR count). The van der Waals surface area contributed by atoms with Crippen molar-refractivity contribution in [3.05, 3.63) is 76.0 Å². The van der Waals surface area contributed by atoms with Crippen LogP contribution in [0.4, 0.5) is 10.1 Å². The first-order chi connectivity index (χ1) is 10.6. The van der Waals surface area contributed by atoms with Crippen molar-refractivity contribution in [3.8, 4) is 0 Å². The minimum atomic E-state index is -0.360. The lowest BCUT2D eigenvalue weighted by atomic mass is 10.0. The zero-order chi connectivity index (χ0) is 15.7. The Labute approximate surface area is 136 Å². The second-order valence-corrected chi connectivity index (χ2v) is 5.54. The van der Waals surface area contributed by atoms with Crippen LogP contribution in [0.3, 0.4) is 0 Å². The molecule has 110 valence electrons. The van der Waals surface area contributed by atoms with E-state index < -0.39 is 0 Å². The maximum Gasteiger partial charge on any atom is 0.256 e. The third-order valence-corrected chi connectivity index (χ3v) is 4.03. The molecule has 0 unspecified atom stereocenters. The van der Waals surface area contributed by atoms with E-state index in [0.29, 0.717) is 32.1 Å². The van der Waals surface area contributed by atoms with Gasteiger partial charge in [0.2, 0.25) is 0 Å². The Morgan fingerprint density at radius 2 is 1.64 bits per heavy atom. The summed E-state index contributed by atoms with van der Waals surface area (Å²) in [4.78, 5) is 12.4. The number of halogens is 3. The summed E-state index contributed by atoms with van der Waals surface area (Å²) in [5.41, 5.74) is 0.913. The highest BCUT2D eigenvalue weighted by atomic mass is 35.5. The van der Waals surface area contributed by atoms with E-state index in [0.717, 1.165) is 0 Å². The van der Waals surface area contributed by atoms with Crippen molar-refractivity contribution < 1.29 is 9.18 Å². The van der Waals surface area contributed by atoms with Gasteiger partial charge in [-0.15, -0.1) is 0 Å². The molecule has 22 heavy (non-hydrogen) atoms. The fourth-order valence-electron chi connectivity index (χ4n) is 2.23. The molecule has 0 aromatic heterocycles. The average molecular weight is 334 g/mol. The molecule has 0 spiro atoms. The number of rotatable bonds is 2. The smallest absolute Gasteiger partial charge is 0.256 e. The number of carbonyl (C=O) groups is 1. The number of benzene rings is 3. The maximum atomic E-state index is 13.8. The number of nitrogens with one attached hydrogen (secondary N) is 1. The quantitative estimate of drug-likeness (QED) is 0.655. The van der Waals surface area contributed by atoms with Crippen LogP contribution in [-0.4, -0.2) is 5.91 Å². The van der Waals surface area contributed by atoms with Gasteiger partial charge in [-0.3, -0.25) is 4.79 Å². The van der Waals surface area contributed by atoms with Gasteiger partial charge in [0, 0.05) is 16.6 Å².